The molecule has 0 aliphatic heterocycles. The summed E-state index contributed by atoms with van der Waals surface area (Å²) in [5.74, 6) is 0.843. The highest BCUT2D eigenvalue weighted by atomic mass is 16.1. The van der Waals surface area contributed by atoms with Crippen LogP contribution in [0.2, 0.25) is 0 Å². The van der Waals surface area contributed by atoms with Crippen molar-refractivity contribution in [3.8, 4) is 0 Å². The lowest BCUT2D eigenvalue weighted by molar-refractivity contribution is 0.102. The van der Waals surface area contributed by atoms with Crippen LogP contribution in [0.5, 0.6) is 0 Å². The Morgan fingerprint density at radius 2 is 1.54 bits per heavy atom. The first-order valence-corrected chi connectivity index (χ1v) is 9.10. The van der Waals surface area contributed by atoms with Gasteiger partial charge in [-0.25, -0.2) is 9.97 Å². The zero-order valence-electron chi connectivity index (χ0n) is 16.9. The first-order valence-electron chi connectivity index (χ1n) is 9.10. The number of rotatable bonds is 5. The number of nitrogens with zero attached hydrogens (tertiary/aromatic N) is 3. The molecule has 3 rings (SSSR count). The highest BCUT2D eigenvalue weighted by Gasteiger charge is 2.12. The van der Waals surface area contributed by atoms with Gasteiger partial charge in [-0.2, -0.15) is 0 Å². The summed E-state index contributed by atoms with van der Waals surface area (Å²) in [5, 5.41) is 6.14. The van der Waals surface area contributed by atoms with Gasteiger partial charge in [0.1, 0.15) is 17.3 Å². The molecule has 1 heterocycles. The quantitative estimate of drug-likeness (QED) is 0.689. The Balaban J connectivity index is 1.78. The molecule has 28 heavy (non-hydrogen) atoms. The van der Waals surface area contributed by atoms with Crippen molar-refractivity contribution in [2.75, 3.05) is 29.6 Å². The predicted octanol–water partition coefficient (Wildman–Crippen LogP) is 4.46. The molecule has 0 saturated heterocycles. The van der Waals surface area contributed by atoms with Crippen LogP contribution in [0.3, 0.4) is 0 Å². The molecule has 1 amide bonds. The average molecular weight is 375 g/mol. The number of aryl methyl sites for hydroxylation is 3. The molecule has 2 aromatic carbocycles. The summed E-state index contributed by atoms with van der Waals surface area (Å²) in [6, 6.07) is 15.5. The molecule has 2 N–H and O–H groups in total. The molecule has 6 heteroatoms. The van der Waals surface area contributed by atoms with Crippen LogP contribution in [-0.4, -0.2) is 30.0 Å². The highest BCUT2D eigenvalue weighted by molar-refractivity contribution is 6.03. The average Bonchev–Trinajstić information content (AvgIpc) is 2.64. The molecular formula is C22H25N5O. The summed E-state index contributed by atoms with van der Waals surface area (Å²) in [6.45, 7) is 5.83. The molecule has 0 bridgehead atoms. The monoisotopic (exact) mass is 375 g/mol. The largest absolute Gasteiger partial charge is 0.378 e. The molecular weight excluding hydrogens is 350 g/mol. The first-order chi connectivity index (χ1) is 13.3. The second-order valence-corrected chi connectivity index (χ2v) is 7.01. The number of anilines is 4. The minimum Gasteiger partial charge on any atom is -0.378 e. The topological polar surface area (TPSA) is 70.2 Å². The molecule has 3 aromatic rings. The SMILES string of the molecule is Cc1nc(Nc2ccc(N(C)C)cc2)cc(C(=O)Nc2ccc(C)c(C)c2)n1. The Bertz CT molecular complexity index is 996. The summed E-state index contributed by atoms with van der Waals surface area (Å²) < 4.78 is 0. The van der Waals surface area contributed by atoms with E-state index in [1.54, 1.807) is 13.0 Å². The van der Waals surface area contributed by atoms with Gasteiger partial charge in [-0.3, -0.25) is 4.79 Å². The van der Waals surface area contributed by atoms with Crippen LogP contribution in [0.25, 0.3) is 0 Å². The van der Waals surface area contributed by atoms with Crippen molar-refractivity contribution in [1.29, 1.82) is 0 Å². The van der Waals surface area contributed by atoms with E-state index in [0.29, 0.717) is 17.3 Å². The van der Waals surface area contributed by atoms with Crippen molar-refractivity contribution in [1.82, 2.24) is 9.97 Å². The van der Waals surface area contributed by atoms with Crippen LogP contribution < -0.4 is 15.5 Å². The van der Waals surface area contributed by atoms with E-state index in [1.807, 2.05) is 75.3 Å². The summed E-state index contributed by atoms with van der Waals surface area (Å²) >= 11 is 0. The van der Waals surface area contributed by atoms with Crippen molar-refractivity contribution in [3.05, 3.63) is 71.2 Å². The number of benzene rings is 2. The third kappa shape index (κ3) is 4.65. The van der Waals surface area contributed by atoms with E-state index in [1.165, 1.54) is 5.56 Å². The van der Waals surface area contributed by atoms with Gasteiger partial charge in [-0.05, 0) is 68.3 Å². The minimum atomic E-state index is -0.264. The standard InChI is InChI=1S/C22H25N5O/c1-14-6-7-18(12-15(14)2)26-22(28)20-13-21(24-16(3)23-20)25-17-8-10-19(11-9-17)27(4)5/h6-13H,1-5H3,(H,26,28)(H,23,24,25). The molecule has 0 spiro atoms. The van der Waals surface area contributed by atoms with Crippen molar-refractivity contribution < 1.29 is 4.79 Å². The van der Waals surface area contributed by atoms with E-state index in [4.69, 9.17) is 0 Å². The Morgan fingerprint density at radius 3 is 2.18 bits per heavy atom. The molecule has 0 saturated carbocycles. The van der Waals surface area contributed by atoms with Crippen molar-refractivity contribution in [2.24, 2.45) is 0 Å². The highest BCUT2D eigenvalue weighted by Crippen LogP contribution is 2.20. The zero-order valence-corrected chi connectivity index (χ0v) is 16.9. The van der Waals surface area contributed by atoms with Gasteiger partial charge < -0.3 is 15.5 Å². The van der Waals surface area contributed by atoms with Crippen LogP contribution in [0, 0.1) is 20.8 Å². The number of hydrogen-bond acceptors (Lipinski definition) is 5. The molecule has 1 aromatic heterocycles. The normalized spacial score (nSPS) is 10.5. The minimum absolute atomic E-state index is 0.264. The third-order valence-electron chi connectivity index (χ3n) is 4.49. The lowest BCUT2D eigenvalue weighted by Gasteiger charge is -2.13. The van der Waals surface area contributed by atoms with Gasteiger partial charge in [0, 0.05) is 37.2 Å². The lowest BCUT2D eigenvalue weighted by atomic mass is 10.1. The predicted molar refractivity (Wildman–Crippen MR) is 115 cm³/mol. The van der Waals surface area contributed by atoms with Crippen LogP contribution in [0.15, 0.2) is 48.5 Å². The number of aromatic nitrogens is 2. The Labute approximate surface area is 165 Å². The van der Waals surface area contributed by atoms with E-state index in [0.717, 1.165) is 22.6 Å². The fourth-order valence-electron chi connectivity index (χ4n) is 2.75. The molecule has 6 nitrogen and oxygen atoms in total. The molecule has 0 unspecified atom stereocenters. The number of carbonyl (C=O) groups excluding carboxylic acids is 1. The maximum absolute atomic E-state index is 12.7. The first kappa shape index (κ1) is 19.4. The second-order valence-electron chi connectivity index (χ2n) is 7.01. The maximum Gasteiger partial charge on any atom is 0.274 e. The Hall–Kier alpha value is -3.41. The summed E-state index contributed by atoms with van der Waals surface area (Å²) in [7, 11) is 3.99. The van der Waals surface area contributed by atoms with Crippen molar-refractivity contribution in [2.45, 2.75) is 20.8 Å². The van der Waals surface area contributed by atoms with E-state index in [9.17, 15) is 4.79 Å². The molecule has 0 aliphatic carbocycles. The molecule has 144 valence electrons. The number of amides is 1. The molecule has 0 fully saturated rings. The van der Waals surface area contributed by atoms with Gasteiger partial charge in [0.2, 0.25) is 0 Å². The lowest BCUT2D eigenvalue weighted by Crippen LogP contribution is -2.15. The summed E-state index contributed by atoms with van der Waals surface area (Å²) in [6.07, 6.45) is 0. The van der Waals surface area contributed by atoms with Gasteiger partial charge in [-0.1, -0.05) is 6.07 Å². The number of hydrogen-bond donors (Lipinski definition) is 2. The molecule has 0 radical (unpaired) electrons. The smallest absolute Gasteiger partial charge is 0.274 e. The molecule has 0 atom stereocenters. The molecule has 0 aliphatic rings. The Kier molecular flexibility index (Phi) is 5.59. The van der Waals surface area contributed by atoms with E-state index >= 15 is 0 Å². The summed E-state index contributed by atoms with van der Waals surface area (Å²) in [5.41, 5.74) is 5.38. The van der Waals surface area contributed by atoms with Gasteiger partial charge in [0.05, 0.1) is 0 Å². The van der Waals surface area contributed by atoms with Crippen LogP contribution in [0.4, 0.5) is 22.9 Å². The van der Waals surface area contributed by atoms with E-state index in [2.05, 4.69) is 20.6 Å². The third-order valence-corrected chi connectivity index (χ3v) is 4.49. The van der Waals surface area contributed by atoms with E-state index < -0.39 is 0 Å². The number of nitrogens with one attached hydrogen (secondary N) is 2. The second kappa shape index (κ2) is 8.08. The van der Waals surface area contributed by atoms with E-state index in [-0.39, 0.29) is 5.91 Å². The Morgan fingerprint density at radius 1 is 0.857 bits per heavy atom. The van der Waals surface area contributed by atoms with Gasteiger partial charge in [0.15, 0.2) is 0 Å². The van der Waals surface area contributed by atoms with Crippen LogP contribution >= 0.6 is 0 Å². The fourth-order valence-corrected chi connectivity index (χ4v) is 2.75. The van der Waals surface area contributed by atoms with Crippen molar-refractivity contribution >= 4 is 28.8 Å². The fraction of sp³-hybridized carbons (Fsp3) is 0.227. The maximum atomic E-state index is 12.7. The van der Waals surface area contributed by atoms with Crippen LogP contribution in [0.1, 0.15) is 27.4 Å². The van der Waals surface area contributed by atoms with Gasteiger partial charge in [-0.15, -0.1) is 0 Å². The summed E-state index contributed by atoms with van der Waals surface area (Å²) in [4.78, 5) is 23.4. The van der Waals surface area contributed by atoms with Gasteiger partial charge in [0.25, 0.3) is 5.91 Å². The number of carbonyl (C=O) groups is 1. The zero-order chi connectivity index (χ0) is 20.3. The van der Waals surface area contributed by atoms with Gasteiger partial charge >= 0.3 is 0 Å². The van der Waals surface area contributed by atoms with Crippen molar-refractivity contribution in [3.63, 3.8) is 0 Å². The van der Waals surface area contributed by atoms with Crippen LogP contribution in [-0.2, 0) is 0 Å².